The predicted molar refractivity (Wildman–Crippen MR) is 84.7 cm³/mol. The summed E-state index contributed by atoms with van der Waals surface area (Å²) in [5, 5.41) is 9.49. The van der Waals surface area contributed by atoms with Crippen molar-refractivity contribution in [1.29, 1.82) is 0 Å². The van der Waals surface area contributed by atoms with Gasteiger partial charge in [0.05, 0.1) is 6.61 Å². The van der Waals surface area contributed by atoms with Crippen molar-refractivity contribution in [3.05, 3.63) is 29.3 Å². The minimum Gasteiger partial charge on any atom is -0.493 e. The minimum absolute atomic E-state index is 0.184. The van der Waals surface area contributed by atoms with Gasteiger partial charge in [-0.3, -0.25) is 4.79 Å². The number of rotatable bonds is 7. The van der Waals surface area contributed by atoms with Crippen LogP contribution in [-0.2, 0) is 14.3 Å². The number of hydrogen-bond acceptors (Lipinski definition) is 4. The number of hydrogen-bond donors (Lipinski definition) is 1. The molecule has 2 rings (SSSR count). The van der Waals surface area contributed by atoms with Crippen LogP contribution in [0.3, 0.4) is 0 Å². The van der Waals surface area contributed by atoms with Crippen molar-refractivity contribution in [3.63, 3.8) is 0 Å². The summed E-state index contributed by atoms with van der Waals surface area (Å²) in [7, 11) is 1.68. The molecule has 1 aromatic carbocycles. The highest BCUT2D eigenvalue weighted by Gasteiger charge is 2.35. The lowest BCUT2D eigenvalue weighted by atomic mass is 10.2. The molecule has 0 saturated carbocycles. The molecule has 1 aliphatic rings. The molecule has 0 spiro atoms. The largest absolute Gasteiger partial charge is 0.493 e. The van der Waals surface area contributed by atoms with E-state index in [4.69, 9.17) is 26.2 Å². The molecule has 1 aliphatic heterocycles. The van der Waals surface area contributed by atoms with Gasteiger partial charge in [0.1, 0.15) is 11.9 Å². The van der Waals surface area contributed by atoms with E-state index in [9.17, 15) is 9.59 Å². The number of amides is 1. The highest BCUT2D eigenvalue weighted by Crippen LogP contribution is 2.21. The Bertz CT molecular complexity index is 565. The maximum absolute atomic E-state index is 12.2. The molecule has 0 aliphatic carbocycles. The van der Waals surface area contributed by atoms with Crippen molar-refractivity contribution in [2.24, 2.45) is 0 Å². The molecule has 0 bridgehead atoms. The van der Waals surface area contributed by atoms with Gasteiger partial charge >= 0.3 is 5.97 Å². The normalized spacial score (nSPS) is 20.3. The van der Waals surface area contributed by atoms with E-state index in [1.807, 2.05) is 12.1 Å². The number of likely N-dealkylation sites (N-methyl/N-ethyl adjacent to an activating group) is 1. The van der Waals surface area contributed by atoms with Crippen LogP contribution in [0.2, 0.25) is 5.02 Å². The average molecular weight is 342 g/mol. The molecule has 0 aromatic heterocycles. The molecular formula is C16H20ClNO5. The lowest BCUT2D eigenvalue weighted by Crippen LogP contribution is -2.38. The van der Waals surface area contributed by atoms with Gasteiger partial charge < -0.3 is 19.5 Å². The van der Waals surface area contributed by atoms with Crippen LogP contribution in [0.15, 0.2) is 24.3 Å². The molecule has 1 heterocycles. The molecule has 1 fully saturated rings. The number of aliphatic carboxylic acids is 1. The Hall–Kier alpha value is -1.79. The molecular weight excluding hydrogens is 322 g/mol. The molecule has 126 valence electrons. The summed E-state index contributed by atoms with van der Waals surface area (Å²) in [6.07, 6.45) is -0.0565. The highest BCUT2D eigenvalue weighted by molar-refractivity contribution is 6.30. The molecule has 2 atom stereocenters. The third-order valence-electron chi connectivity index (χ3n) is 3.65. The third-order valence-corrected chi connectivity index (χ3v) is 3.88. The average Bonchev–Trinajstić information content (AvgIpc) is 3.01. The second-order valence-electron chi connectivity index (χ2n) is 5.45. The summed E-state index contributed by atoms with van der Waals surface area (Å²) in [5.74, 6) is -0.510. The van der Waals surface area contributed by atoms with Gasteiger partial charge in [-0.25, -0.2) is 4.79 Å². The van der Waals surface area contributed by atoms with Crippen molar-refractivity contribution >= 4 is 23.5 Å². The van der Waals surface area contributed by atoms with Crippen LogP contribution >= 0.6 is 11.6 Å². The molecule has 6 nitrogen and oxygen atoms in total. The van der Waals surface area contributed by atoms with E-state index < -0.39 is 18.2 Å². The van der Waals surface area contributed by atoms with E-state index >= 15 is 0 Å². The minimum atomic E-state index is -1.02. The summed E-state index contributed by atoms with van der Waals surface area (Å²) in [4.78, 5) is 24.6. The van der Waals surface area contributed by atoms with E-state index in [2.05, 4.69) is 0 Å². The van der Waals surface area contributed by atoms with Crippen LogP contribution in [0.5, 0.6) is 5.75 Å². The first-order valence-electron chi connectivity index (χ1n) is 7.49. The Labute approximate surface area is 139 Å². The number of carbonyl (C=O) groups is 2. The fraction of sp³-hybridized carbons (Fsp3) is 0.500. The molecule has 1 aromatic rings. The van der Waals surface area contributed by atoms with Crippen LogP contribution in [0.1, 0.15) is 19.3 Å². The lowest BCUT2D eigenvalue weighted by molar-refractivity contribution is -0.154. The van der Waals surface area contributed by atoms with Gasteiger partial charge in [-0.15, -0.1) is 0 Å². The van der Waals surface area contributed by atoms with Gasteiger partial charge in [0, 0.05) is 18.6 Å². The smallest absolute Gasteiger partial charge is 0.332 e. The van der Waals surface area contributed by atoms with E-state index in [0.717, 1.165) is 0 Å². The first kappa shape index (κ1) is 17.6. The fourth-order valence-electron chi connectivity index (χ4n) is 2.41. The molecule has 0 unspecified atom stereocenters. The molecule has 23 heavy (non-hydrogen) atoms. The summed E-state index contributed by atoms with van der Waals surface area (Å²) in [6.45, 7) is 0.970. The second-order valence-corrected chi connectivity index (χ2v) is 5.88. The summed E-state index contributed by atoms with van der Waals surface area (Å²) in [6, 6.07) is 7.13. The molecule has 1 amide bonds. The monoisotopic (exact) mass is 341 g/mol. The molecule has 1 saturated heterocycles. The highest BCUT2D eigenvalue weighted by atomic mass is 35.5. The van der Waals surface area contributed by atoms with Crippen molar-refractivity contribution < 1.29 is 24.2 Å². The Balaban J connectivity index is 1.69. The van der Waals surface area contributed by atoms with Crippen molar-refractivity contribution in [2.75, 3.05) is 20.2 Å². The zero-order chi connectivity index (χ0) is 16.8. The molecule has 1 N–H and O–H groups in total. The Morgan fingerprint density at radius 2 is 2.13 bits per heavy atom. The topological polar surface area (TPSA) is 76.1 Å². The van der Waals surface area contributed by atoms with E-state index in [0.29, 0.717) is 43.2 Å². The zero-order valence-electron chi connectivity index (χ0n) is 12.9. The number of carbonyl (C=O) groups excluding carboxylic acids is 1. The first-order valence-corrected chi connectivity index (χ1v) is 7.87. The fourth-order valence-corrected chi connectivity index (χ4v) is 2.59. The van der Waals surface area contributed by atoms with Gasteiger partial charge in [0.15, 0.2) is 6.10 Å². The van der Waals surface area contributed by atoms with E-state index in [1.165, 1.54) is 0 Å². The number of carboxylic acids is 1. The quantitative estimate of drug-likeness (QED) is 0.769. The van der Waals surface area contributed by atoms with Crippen molar-refractivity contribution in [2.45, 2.75) is 31.5 Å². The van der Waals surface area contributed by atoms with E-state index in [-0.39, 0.29) is 5.91 Å². The SMILES string of the molecule is CN(CCCOc1cccc(Cl)c1)C(=O)[C@@H]1CC[C@H](C(=O)O)O1. The Morgan fingerprint density at radius 1 is 1.39 bits per heavy atom. The van der Waals surface area contributed by atoms with Gasteiger partial charge in [0.2, 0.25) is 0 Å². The summed E-state index contributed by atoms with van der Waals surface area (Å²) >= 11 is 5.87. The van der Waals surface area contributed by atoms with Gasteiger partial charge in [0.25, 0.3) is 5.91 Å². The number of halogens is 1. The Kier molecular flexibility index (Phi) is 6.24. The van der Waals surface area contributed by atoms with Gasteiger partial charge in [-0.05, 0) is 37.5 Å². The van der Waals surface area contributed by atoms with Crippen LogP contribution in [0.25, 0.3) is 0 Å². The third kappa shape index (κ3) is 5.11. The maximum atomic E-state index is 12.2. The Morgan fingerprint density at radius 3 is 2.78 bits per heavy atom. The standard InChI is InChI=1S/C16H20ClNO5/c1-18(15(19)13-6-7-14(23-13)16(20)21)8-3-9-22-12-5-2-4-11(17)10-12/h2,4-5,10,13-14H,3,6-9H2,1H3,(H,20,21)/t13-,14+/m0/s1. The number of benzene rings is 1. The van der Waals surface area contributed by atoms with Crippen LogP contribution in [-0.4, -0.2) is 54.3 Å². The van der Waals surface area contributed by atoms with E-state index in [1.54, 1.807) is 24.1 Å². The predicted octanol–water partition coefficient (Wildman–Crippen LogP) is 2.20. The van der Waals surface area contributed by atoms with Crippen LogP contribution in [0.4, 0.5) is 0 Å². The zero-order valence-corrected chi connectivity index (χ0v) is 13.7. The number of carboxylic acid groups (broad SMARTS) is 1. The summed E-state index contributed by atoms with van der Waals surface area (Å²) < 4.78 is 10.8. The van der Waals surface area contributed by atoms with Crippen LogP contribution in [0, 0.1) is 0 Å². The number of ether oxygens (including phenoxy) is 2. The van der Waals surface area contributed by atoms with Gasteiger partial charge in [-0.2, -0.15) is 0 Å². The second kappa shape index (κ2) is 8.17. The lowest BCUT2D eigenvalue weighted by Gasteiger charge is -2.21. The maximum Gasteiger partial charge on any atom is 0.332 e. The molecule has 0 radical (unpaired) electrons. The first-order chi connectivity index (χ1) is 11.0. The van der Waals surface area contributed by atoms with Gasteiger partial charge in [-0.1, -0.05) is 17.7 Å². The van der Waals surface area contributed by atoms with Crippen molar-refractivity contribution in [1.82, 2.24) is 4.90 Å². The van der Waals surface area contributed by atoms with Crippen molar-refractivity contribution in [3.8, 4) is 5.75 Å². The molecule has 7 heteroatoms. The number of nitrogens with zero attached hydrogens (tertiary/aromatic N) is 1. The summed E-state index contributed by atoms with van der Waals surface area (Å²) in [5.41, 5.74) is 0. The van der Waals surface area contributed by atoms with Crippen LogP contribution < -0.4 is 4.74 Å².